The van der Waals surface area contributed by atoms with Crippen LogP contribution in [0.5, 0.6) is 0 Å². The summed E-state index contributed by atoms with van der Waals surface area (Å²) < 4.78 is 22.9. The lowest BCUT2D eigenvalue weighted by molar-refractivity contribution is -0.188. The maximum Gasteiger partial charge on any atom is 0.306 e. The average Bonchev–Trinajstić information content (AvgIpc) is 3.73. The van der Waals surface area contributed by atoms with Gasteiger partial charge in [-0.25, -0.2) is 0 Å². The number of carbonyl (C=O) groups is 4. The molecule has 10 nitrogen and oxygen atoms in total. The van der Waals surface area contributed by atoms with Crippen LogP contribution >= 0.6 is 0 Å². The maximum atomic E-state index is 13.4. The predicted molar refractivity (Wildman–Crippen MR) is 371 cm³/mol. The molecule has 0 aromatic carbocycles. The third-order valence-electron chi connectivity index (χ3n) is 17.1. The molecule has 0 amide bonds. The Morgan fingerprint density at radius 3 is 0.625 bits per heavy atom. The van der Waals surface area contributed by atoms with Crippen LogP contribution in [0, 0.1) is 0 Å². The minimum Gasteiger partial charge on any atom is -0.462 e. The van der Waals surface area contributed by atoms with E-state index in [1.165, 1.54) is 154 Å². The van der Waals surface area contributed by atoms with Crippen LogP contribution in [0.4, 0.5) is 0 Å². The number of aliphatic hydroxyl groups excluding tert-OH is 2. The normalized spacial score (nSPS) is 13.3. The van der Waals surface area contributed by atoms with Crippen molar-refractivity contribution in [3.63, 3.8) is 0 Å². The van der Waals surface area contributed by atoms with Crippen LogP contribution < -0.4 is 0 Å². The zero-order valence-corrected chi connectivity index (χ0v) is 58.1. The minimum atomic E-state index is -1.81. The molecule has 88 heavy (non-hydrogen) atoms. The molecule has 0 heterocycles. The molecule has 0 bridgehead atoms. The zero-order chi connectivity index (χ0) is 64.1. The van der Waals surface area contributed by atoms with Crippen molar-refractivity contribution in [3.8, 4) is 0 Å². The van der Waals surface area contributed by atoms with E-state index in [2.05, 4.69) is 76.3 Å². The van der Waals surface area contributed by atoms with Crippen LogP contribution in [-0.4, -0.2) is 71.7 Å². The molecule has 0 unspecified atom stereocenters. The second kappa shape index (κ2) is 69.6. The lowest BCUT2D eigenvalue weighted by Crippen LogP contribution is -2.51. The van der Waals surface area contributed by atoms with Gasteiger partial charge in [-0.1, -0.05) is 282 Å². The van der Waals surface area contributed by atoms with Gasteiger partial charge in [-0.3, -0.25) is 19.2 Å². The van der Waals surface area contributed by atoms with E-state index in [-0.39, 0.29) is 25.7 Å². The summed E-state index contributed by atoms with van der Waals surface area (Å²) in [4.78, 5) is 53.1. The first-order valence-corrected chi connectivity index (χ1v) is 37.9. The van der Waals surface area contributed by atoms with E-state index in [1.807, 2.05) is 0 Å². The first-order valence-electron chi connectivity index (χ1n) is 37.9. The molecule has 0 aliphatic heterocycles. The molecule has 10 heteroatoms. The Labute approximate surface area is 543 Å². The minimum absolute atomic E-state index is 0.0999. The highest BCUT2D eigenvalue weighted by Crippen LogP contribution is 2.20. The fraction of sp³-hybridized carbons (Fsp3) is 0.846. The number of aliphatic hydroxyl groups is 2. The van der Waals surface area contributed by atoms with Gasteiger partial charge in [0, 0.05) is 25.7 Å². The van der Waals surface area contributed by atoms with E-state index in [9.17, 15) is 29.4 Å². The highest BCUT2D eigenvalue weighted by molar-refractivity contribution is 5.71. The lowest BCUT2D eigenvalue weighted by atomic mass is 10.0. The van der Waals surface area contributed by atoms with Crippen LogP contribution in [0.2, 0.25) is 0 Å². The largest absolute Gasteiger partial charge is 0.462 e. The molecule has 0 saturated carbocycles. The zero-order valence-electron chi connectivity index (χ0n) is 58.1. The van der Waals surface area contributed by atoms with Gasteiger partial charge in [0.15, 0.2) is 12.2 Å². The van der Waals surface area contributed by atoms with Gasteiger partial charge in [-0.15, -0.1) is 0 Å². The highest BCUT2D eigenvalue weighted by atomic mass is 16.6. The van der Waals surface area contributed by atoms with Crippen LogP contribution in [-0.2, 0) is 38.1 Å². The van der Waals surface area contributed by atoms with Crippen LogP contribution in [0.25, 0.3) is 0 Å². The van der Waals surface area contributed by atoms with E-state index in [1.54, 1.807) is 0 Å². The third kappa shape index (κ3) is 61.6. The van der Waals surface area contributed by atoms with E-state index in [4.69, 9.17) is 18.9 Å². The first kappa shape index (κ1) is 84.8. The fourth-order valence-electron chi connectivity index (χ4n) is 11.2. The number of carbonyl (C=O) groups excluding carboxylic acids is 4. The maximum absolute atomic E-state index is 13.4. The Bertz CT molecular complexity index is 1520. The summed E-state index contributed by atoms with van der Waals surface area (Å²) in [7, 11) is 0. The Hall–Kier alpha value is -3.24. The Balaban J connectivity index is 5.59. The van der Waals surface area contributed by atoms with Crippen molar-refractivity contribution < 1.29 is 48.3 Å². The standard InChI is InChI=1S/C78H142O10/c1-5-9-13-17-21-25-29-33-37-41-45-49-53-57-61-65-73(79)85-69-71(87-75(81)67-63-59-55-51-47-43-39-35-31-27-23-19-15-11-7-3)77(83)78(84)72(88-76(82)68-64-60-56-52-48-44-40-36-32-28-24-20-16-12-8-4)70-86-74(80)66-62-58-54-50-46-42-38-34-30-26-22-18-14-10-6-2/h33-40,71-72,77-78,83-84H,5-32,41-70H2,1-4H3/b37-33-,38-34-,39-35-,40-36-/t71-,72-,77-,78-/m1/s1. The monoisotopic (exact) mass is 1240 g/mol. The molecule has 0 rings (SSSR count). The summed E-state index contributed by atoms with van der Waals surface area (Å²) in [6, 6.07) is 0. The van der Waals surface area contributed by atoms with Crippen molar-refractivity contribution >= 4 is 23.9 Å². The van der Waals surface area contributed by atoms with Gasteiger partial charge in [0.1, 0.15) is 25.4 Å². The van der Waals surface area contributed by atoms with E-state index >= 15 is 0 Å². The van der Waals surface area contributed by atoms with Gasteiger partial charge in [-0.2, -0.15) is 0 Å². The molecule has 4 atom stereocenters. The molecule has 2 N–H and O–H groups in total. The summed E-state index contributed by atoms with van der Waals surface area (Å²) in [6.45, 7) is 8.04. The van der Waals surface area contributed by atoms with Crippen molar-refractivity contribution in [2.24, 2.45) is 0 Å². The molecule has 514 valence electrons. The fourth-order valence-corrected chi connectivity index (χ4v) is 11.2. The number of unbranched alkanes of at least 4 members (excludes halogenated alkanes) is 44. The quantitative estimate of drug-likeness (QED) is 0.0261. The van der Waals surface area contributed by atoms with Crippen LogP contribution in [0.1, 0.15) is 387 Å². The molecule has 0 spiro atoms. The van der Waals surface area contributed by atoms with Crippen molar-refractivity contribution in [2.75, 3.05) is 13.2 Å². The Morgan fingerprint density at radius 1 is 0.250 bits per heavy atom. The number of rotatable bonds is 69. The molecule has 0 aliphatic carbocycles. The number of allylic oxidation sites excluding steroid dienone is 8. The molecule has 0 aromatic heterocycles. The highest BCUT2D eigenvalue weighted by Gasteiger charge is 2.38. The Morgan fingerprint density at radius 2 is 0.420 bits per heavy atom. The summed E-state index contributed by atoms with van der Waals surface area (Å²) in [6.07, 6.45) is 71.5. The van der Waals surface area contributed by atoms with E-state index < -0.39 is 61.5 Å². The van der Waals surface area contributed by atoms with E-state index in [0.717, 1.165) is 154 Å². The summed E-state index contributed by atoms with van der Waals surface area (Å²) in [5.74, 6) is -2.12. The van der Waals surface area contributed by atoms with Gasteiger partial charge in [-0.05, 0) is 128 Å². The third-order valence-corrected chi connectivity index (χ3v) is 17.1. The van der Waals surface area contributed by atoms with Crippen molar-refractivity contribution in [3.05, 3.63) is 48.6 Å². The summed E-state index contributed by atoms with van der Waals surface area (Å²) in [5.41, 5.74) is 0. The van der Waals surface area contributed by atoms with Crippen molar-refractivity contribution in [2.45, 2.75) is 412 Å². The SMILES string of the molecule is CCCCCCCC/C=C\CCCCCCCC(=O)OC[C@@H](OC(=O)CCCCCCC/C=C\CCCCCCCC)[C@@H](O)[C@H](O)[C@@H](COC(=O)CCCCCCC/C=C\CCCCCCCC)OC(=O)CCCCCCC/C=C\CCCCCCCC. The van der Waals surface area contributed by atoms with Crippen molar-refractivity contribution in [1.29, 1.82) is 0 Å². The van der Waals surface area contributed by atoms with Crippen molar-refractivity contribution in [1.82, 2.24) is 0 Å². The molecule has 0 fully saturated rings. The van der Waals surface area contributed by atoms with Gasteiger partial charge in [0.05, 0.1) is 0 Å². The number of esters is 4. The topological polar surface area (TPSA) is 146 Å². The first-order chi connectivity index (χ1) is 43.2. The molecule has 0 aromatic rings. The average molecular weight is 1240 g/mol. The number of hydrogen-bond acceptors (Lipinski definition) is 10. The van der Waals surface area contributed by atoms with Crippen LogP contribution in [0.3, 0.4) is 0 Å². The summed E-state index contributed by atoms with van der Waals surface area (Å²) in [5, 5.41) is 23.6. The van der Waals surface area contributed by atoms with Gasteiger partial charge in [0.25, 0.3) is 0 Å². The number of ether oxygens (including phenoxy) is 4. The smallest absolute Gasteiger partial charge is 0.306 e. The van der Waals surface area contributed by atoms with Gasteiger partial charge < -0.3 is 29.2 Å². The molecule has 0 radical (unpaired) electrons. The second-order valence-electron chi connectivity index (χ2n) is 25.7. The second-order valence-corrected chi connectivity index (χ2v) is 25.7. The Kier molecular flexibility index (Phi) is 67.1. The molecular formula is C78H142O10. The lowest BCUT2D eigenvalue weighted by Gasteiger charge is -2.31. The summed E-state index contributed by atoms with van der Waals surface area (Å²) >= 11 is 0. The molecule has 0 aliphatic rings. The van der Waals surface area contributed by atoms with Gasteiger partial charge >= 0.3 is 23.9 Å². The van der Waals surface area contributed by atoms with E-state index in [0.29, 0.717) is 25.7 Å². The van der Waals surface area contributed by atoms with Gasteiger partial charge in [0.2, 0.25) is 0 Å². The molecule has 0 saturated heterocycles. The van der Waals surface area contributed by atoms with Crippen LogP contribution in [0.15, 0.2) is 48.6 Å². The number of hydrogen-bond donors (Lipinski definition) is 2. The predicted octanol–water partition coefficient (Wildman–Crippen LogP) is 22.8. The molecular weight excluding hydrogens is 1100 g/mol.